The molecule has 19 heavy (non-hydrogen) atoms. The van der Waals surface area contributed by atoms with Gasteiger partial charge in [-0.2, -0.15) is 0 Å². The second-order valence-electron chi connectivity index (χ2n) is 4.86. The highest BCUT2D eigenvalue weighted by Crippen LogP contribution is 2.25. The Labute approximate surface area is 110 Å². The van der Waals surface area contributed by atoms with E-state index in [1.54, 1.807) is 12.4 Å². The maximum atomic E-state index is 11.8. The van der Waals surface area contributed by atoms with Gasteiger partial charge in [-0.05, 0) is 26.2 Å². The lowest BCUT2D eigenvalue weighted by atomic mass is 10.1. The topological polar surface area (TPSA) is 107 Å². The van der Waals surface area contributed by atoms with E-state index < -0.39 is 5.97 Å². The molecule has 1 aromatic heterocycles. The molecular formula is C12H18N4O3. The monoisotopic (exact) mass is 266 g/mol. The molecule has 1 aromatic rings. The van der Waals surface area contributed by atoms with Gasteiger partial charge in [0.2, 0.25) is 0 Å². The van der Waals surface area contributed by atoms with E-state index in [1.807, 2.05) is 6.92 Å². The molecule has 104 valence electrons. The normalized spacial score (nSPS) is 23.8. The van der Waals surface area contributed by atoms with Gasteiger partial charge < -0.3 is 20.7 Å². The van der Waals surface area contributed by atoms with Crippen molar-refractivity contribution < 1.29 is 14.7 Å². The number of carboxylic acid groups (broad SMARTS) is 1. The van der Waals surface area contributed by atoms with E-state index in [2.05, 4.69) is 20.6 Å². The fourth-order valence-electron chi connectivity index (χ4n) is 2.34. The number of imidazole rings is 1. The van der Waals surface area contributed by atoms with E-state index in [4.69, 9.17) is 5.11 Å². The number of carbonyl (C=O) groups is 2. The molecule has 3 unspecified atom stereocenters. The van der Waals surface area contributed by atoms with Crippen LogP contribution in [0.25, 0.3) is 0 Å². The van der Waals surface area contributed by atoms with Crippen molar-refractivity contribution in [2.75, 3.05) is 0 Å². The first kappa shape index (κ1) is 13.4. The zero-order valence-electron chi connectivity index (χ0n) is 10.7. The second-order valence-corrected chi connectivity index (χ2v) is 4.86. The molecule has 4 N–H and O–H groups in total. The number of hydrogen-bond acceptors (Lipinski definition) is 3. The van der Waals surface area contributed by atoms with Crippen molar-refractivity contribution in [3.63, 3.8) is 0 Å². The van der Waals surface area contributed by atoms with Gasteiger partial charge in [0.15, 0.2) is 0 Å². The van der Waals surface area contributed by atoms with Gasteiger partial charge in [0.1, 0.15) is 5.82 Å². The lowest BCUT2D eigenvalue weighted by Crippen LogP contribution is -2.42. The second kappa shape index (κ2) is 5.73. The zero-order chi connectivity index (χ0) is 13.8. The van der Waals surface area contributed by atoms with Gasteiger partial charge in [0, 0.05) is 18.4 Å². The highest BCUT2D eigenvalue weighted by Gasteiger charge is 2.30. The molecule has 0 saturated heterocycles. The van der Waals surface area contributed by atoms with Crippen LogP contribution >= 0.6 is 0 Å². The van der Waals surface area contributed by atoms with E-state index in [9.17, 15) is 9.59 Å². The van der Waals surface area contributed by atoms with Crippen LogP contribution in [0.3, 0.4) is 0 Å². The summed E-state index contributed by atoms with van der Waals surface area (Å²) in [6.07, 6.45) is 5.14. The summed E-state index contributed by atoms with van der Waals surface area (Å²) < 4.78 is 0. The van der Waals surface area contributed by atoms with Gasteiger partial charge in [0.05, 0.1) is 12.0 Å². The lowest BCUT2D eigenvalue weighted by Gasteiger charge is -2.16. The predicted octanol–water partition coefficient (Wildman–Crippen LogP) is 1.02. The highest BCUT2D eigenvalue weighted by atomic mass is 16.4. The number of amides is 2. The molecule has 0 bridgehead atoms. The average molecular weight is 266 g/mol. The zero-order valence-corrected chi connectivity index (χ0v) is 10.7. The molecule has 7 nitrogen and oxygen atoms in total. The number of carbonyl (C=O) groups excluding carboxylic acids is 1. The van der Waals surface area contributed by atoms with Crippen LogP contribution in [-0.4, -0.2) is 33.1 Å². The number of rotatable bonds is 4. The summed E-state index contributed by atoms with van der Waals surface area (Å²) in [6.45, 7) is 1.83. The van der Waals surface area contributed by atoms with Crippen LogP contribution in [0.15, 0.2) is 12.4 Å². The van der Waals surface area contributed by atoms with Gasteiger partial charge in [-0.15, -0.1) is 0 Å². The van der Waals surface area contributed by atoms with E-state index in [1.165, 1.54) is 0 Å². The average Bonchev–Trinajstić information content (AvgIpc) is 2.98. The minimum atomic E-state index is -0.784. The van der Waals surface area contributed by atoms with Crippen molar-refractivity contribution in [3.05, 3.63) is 18.2 Å². The number of aromatic nitrogens is 2. The molecule has 7 heteroatoms. The van der Waals surface area contributed by atoms with Crippen LogP contribution in [0.5, 0.6) is 0 Å². The summed E-state index contributed by atoms with van der Waals surface area (Å²) in [5, 5.41) is 14.5. The summed E-state index contributed by atoms with van der Waals surface area (Å²) in [4.78, 5) is 29.6. The number of urea groups is 1. The van der Waals surface area contributed by atoms with Crippen LogP contribution in [-0.2, 0) is 4.79 Å². The van der Waals surface area contributed by atoms with Crippen LogP contribution in [0, 0.1) is 5.92 Å². The van der Waals surface area contributed by atoms with Crippen LogP contribution < -0.4 is 10.6 Å². The molecule has 0 aliphatic heterocycles. The molecule has 2 amide bonds. The highest BCUT2D eigenvalue weighted by molar-refractivity contribution is 5.75. The molecule has 1 aliphatic carbocycles. The molecule has 1 aliphatic rings. The number of aromatic amines is 1. The minimum absolute atomic E-state index is 0.0649. The molecule has 1 heterocycles. The van der Waals surface area contributed by atoms with E-state index in [0.717, 1.165) is 0 Å². The third-order valence-electron chi connectivity index (χ3n) is 3.39. The number of aliphatic carboxylic acids is 1. The molecule has 2 rings (SSSR count). The van der Waals surface area contributed by atoms with E-state index in [0.29, 0.717) is 25.1 Å². The molecular weight excluding hydrogens is 248 g/mol. The number of nitrogens with zero attached hydrogens (tertiary/aromatic N) is 1. The Bertz CT molecular complexity index is 446. The molecule has 0 radical (unpaired) electrons. The Morgan fingerprint density at radius 1 is 1.53 bits per heavy atom. The summed E-state index contributed by atoms with van der Waals surface area (Å²) in [5.41, 5.74) is 0. The third kappa shape index (κ3) is 3.46. The first-order valence-electron chi connectivity index (χ1n) is 6.35. The van der Waals surface area contributed by atoms with Gasteiger partial charge in [-0.1, -0.05) is 0 Å². The van der Waals surface area contributed by atoms with Gasteiger partial charge in [-0.25, -0.2) is 9.78 Å². The van der Waals surface area contributed by atoms with Crippen LogP contribution in [0.4, 0.5) is 4.79 Å². The minimum Gasteiger partial charge on any atom is -0.481 e. The van der Waals surface area contributed by atoms with Gasteiger partial charge in [0.25, 0.3) is 0 Å². The van der Waals surface area contributed by atoms with Crippen molar-refractivity contribution in [2.24, 2.45) is 5.92 Å². The SMILES string of the molecule is CC(NC(=O)NC1CCC(C(=O)O)C1)c1ncc[nH]1. The summed E-state index contributed by atoms with van der Waals surface area (Å²) in [6, 6.07) is -0.573. The molecule has 3 atom stereocenters. The quantitative estimate of drug-likeness (QED) is 0.652. The van der Waals surface area contributed by atoms with Crippen LogP contribution in [0.2, 0.25) is 0 Å². The summed E-state index contributed by atoms with van der Waals surface area (Å²) in [7, 11) is 0. The molecule has 1 saturated carbocycles. The Morgan fingerprint density at radius 3 is 2.89 bits per heavy atom. The van der Waals surface area contributed by atoms with Crippen LogP contribution in [0.1, 0.15) is 38.1 Å². The van der Waals surface area contributed by atoms with E-state index in [-0.39, 0.29) is 24.0 Å². The number of carboxylic acids is 1. The fraction of sp³-hybridized carbons (Fsp3) is 0.583. The Kier molecular flexibility index (Phi) is 4.03. The van der Waals surface area contributed by atoms with Gasteiger partial charge >= 0.3 is 12.0 Å². The van der Waals surface area contributed by atoms with Gasteiger partial charge in [-0.3, -0.25) is 4.79 Å². The molecule has 0 aromatic carbocycles. The van der Waals surface area contributed by atoms with Crippen molar-refractivity contribution in [1.82, 2.24) is 20.6 Å². The summed E-state index contributed by atoms with van der Waals surface area (Å²) in [5.74, 6) is -0.438. The first-order chi connectivity index (χ1) is 9.06. The van der Waals surface area contributed by atoms with Crippen molar-refractivity contribution in [3.8, 4) is 0 Å². The van der Waals surface area contributed by atoms with E-state index >= 15 is 0 Å². The lowest BCUT2D eigenvalue weighted by molar-refractivity contribution is -0.141. The summed E-state index contributed by atoms with van der Waals surface area (Å²) >= 11 is 0. The van der Waals surface area contributed by atoms with Crippen molar-refractivity contribution in [2.45, 2.75) is 38.3 Å². The maximum Gasteiger partial charge on any atom is 0.315 e. The predicted molar refractivity (Wildman–Crippen MR) is 67.4 cm³/mol. The smallest absolute Gasteiger partial charge is 0.315 e. The maximum absolute atomic E-state index is 11.8. The largest absolute Gasteiger partial charge is 0.481 e. The standard InChI is InChI=1S/C12H18N4O3/c1-7(10-13-4-5-14-10)15-12(19)16-9-3-2-8(6-9)11(17)18/h4-5,7-9H,2-3,6H2,1H3,(H,13,14)(H,17,18)(H2,15,16,19). The Balaban J connectivity index is 1.78. The fourth-order valence-corrected chi connectivity index (χ4v) is 2.34. The Hall–Kier alpha value is -2.05. The van der Waals surface area contributed by atoms with Crippen molar-refractivity contribution in [1.29, 1.82) is 0 Å². The third-order valence-corrected chi connectivity index (χ3v) is 3.39. The number of nitrogens with one attached hydrogen (secondary N) is 3. The Morgan fingerprint density at radius 2 is 2.32 bits per heavy atom. The van der Waals surface area contributed by atoms with Crippen molar-refractivity contribution >= 4 is 12.0 Å². The molecule has 1 fully saturated rings. The number of hydrogen-bond donors (Lipinski definition) is 4. The molecule has 0 spiro atoms. The first-order valence-corrected chi connectivity index (χ1v) is 6.35. The number of H-pyrrole nitrogens is 1.